The van der Waals surface area contributed by atoms with Crippen LogP contribution in [0.15, 0.2) is 39.1 Å². The number of aromatic nitrogens is 4. The molecule has 6 nitrogen and oxygen atoms in total. The maximum absolute atomic E-state index is 12.9. The highest BCUT2D eigenvalue weighted by molar-refractivity contribution is 7.98. The van der Waals surface area contributed by atoms with Gasteiger partial charge in [-0.15, -0.1) is 11.3 Å². The lowest BCUT2D eigenvalue weighted by atomic mass is 10.2. The first kappa shape index (κ1) is 17.6. The zero-order chi connectivity index (χ0) is 19.4. The highest BCUT2D eigenvalue weighted by Gasteiger charge is 2.22. The Labute approximate surface area is 168 Å². The molecular weight excluding hydrogens is 392 g/mol. The third-order valence-electron chi connectivity index (χ3n) is 5.19. The van der Waals surface area contributed by atoms with Crippen molar-refractivity contribution in [2.75, 3.05) is 0 Å². The highest BCUT2D eigenvalue weighted by Crippen LogP contribution is 2.35. The van der Waals surface area contributed by atoms with Crippen LogP contribution in [0.3, 0.4) is 0 Å². The van der Waals surface area contributed by atoms with E-state index in [9.17, 15) is 9.59 Å². The Morgan fingerprint density at radius 3 is 2.96 bits per heavy atom. The lowest BCUT2D eigenvalue weighted by Crippen LogP contribution is -2.20. The number of hydrogen-bond donors (Lipinski definition) is 0. The largest absolute Gasteiger partial charge is 0.290 e. The molecule has 0 bridgehead atoms. The minimum Gasteiger partial charge on any atom is -0.290 e. The average molecular weight is 411 g/mol. The summed E-state index contributed by atoms with van der Waals surface area (Å²) in [5.41, 5.74) is 3.42. The molecule has 0 aliphatic heterocycles. The van der Waals surface area contributed by atoms with Crippen LogP contribution >= 0.6 is 23.1 Å². The first-order chi connectivity index (χ1) is 13.5. The summed E-state index contributed by atoms with van der Waals surface area (Å²) in [5.74, 6) is 0.483. The third-order valence-corrected chi connectivity index (χ3v) is 7.44. The lowest BCUT2D eigenvalue weighted by Gasteiger charge is -2.08. The fourth-order valence-corrected chi connectivity index (χ4v) is 5.92. The topological polar surface area (TPSA) is 69.3 Å². The molecule has 4 aromatic heterocycles. The summed E-state index contributed by atoms with van der Waals surface area (Å²) in [4.78, 5) is 36.8. The van der Waals surface area contributed by atoms with Crippen molar-refractivity contribution >= 4 is 39.0 Å². The summed E-state index contributed by atoms with van der Waals surface area (Å²) < 4.78 is 3.17. The van der Waals surface area contributed by atoms with Gasteiger partial charge in [-0.2, -0.15) is 0 Å². The quantitative estimate of drug-likeness (QED) is 0.383. The van der Waals surface area contributed by atoms with Crippen molar-refractivity contribution in [3.05, 3.63) is 66.8 Å². The van der Waals surface area contributed by atoms with Gasteiger partial charge in [-0.05, 0) is 43.4 Å². The van der Waals surface area contributed by atoms with Gasteiger partial charge in [0.05, 0.1) is 11.1 Å². The van der Waals surface area contributed by atoms with Crippen molar-refractivity contribution in [2.45, 2.75) is 37.1 Å². The molecule has 4 heterocycles. The van der Waals surface area contributed by atoms with E-state index in [4.69, 9.17) is 4.98 Å². The number of thiophene rings is 1. The molecule has 142 valence electrons. The molecule has 4 aromatic rings. The molecule has 0 radical (unpaired) electrons. The van der Waals surface area contributed by atoms with E-state index in [0.717, 1.165) is 35.0 Å². The molecule has 1 aliphatic carbocycles. The molecular formula is C20H18N4O2S2. The smallest absolute Gasteiger partial charge is 0.262 e. The van der Waals surface area contributed by atoms with Crippen LogP contribution in [-0.4, -0.2) is 18.9 Å². The minimum absolute atomic E-state index is 0.0225. The van der Waals surface area contributed by atoms with Gasteiger partial charge in [-0.25, -0.2) is 9.97 Å². The van der Waals surface area contributed by atoms with E-state index < -0.39 is 0 Å². The summed E-state index contributed by atoms with van der Waals surface area (Å²) in [6.07, 6.45) is 4.87. The van der Waals surface area contributed by atoms with Crippen LogP contribution in [0.25, 0.3) is 15.9 Å². The first-order valence-electron chi connectivity index (χ1n) is 9.15. The summed E-state index contributed by atoms with van der Waals surface area (Å²) in [5, 5.41) is 1.45. The normalized spacial score (nSPS) is 13.5. The fraction of sp³-hybridized carbons (Fsp3) is 0.300. The second-order valence-corrected chi connectivity index (χ2v) is 9.08. The Morgan fingerprint density at radius 2 is 2.11 bits per heavy atom. The highest BCUT2D eigenvalue weighted by atomic mass is 32.2. The lowest BCUT2D eigenvalue weighted by molar-refractivity contribution is 0.726. The van der Waals surface area contributed by atoms with Crippen molar-refractivity contribution in [3.63, 3.8) is 0 Å². The standard InChI is InChI=1S/C20H18N4O2S2/c1-11-5-4-8-24-15(25)9-12(21-17(11)24)10-27-20-22-18-16(19(26)23(20)2)13-6-3-7-14(13)28-18/h4-5,8-9H,3,6-7,10H2,1-2H3. The van der Waals surface area contributed by atoms with Gasteiger partial charge in [-0.3, -0.25) is 18.6 Å². The molecule has 0 fully saturated rings. The van der Waals surface area contributed by atoms with Gasteiger partial charge < -0.3 is 0 Å². The molecule has 1 aliphatic rings. The van der Waals surface area contributed by atoms with Crippen molar-refractivity contribution in [1.82, 2.24) is 18.9 Å². The van der Waals surface area contributed by atoms with E-state index in [1.54, 1.807) is 39.6 Å². The summed E-state index contributed by atoms with van der Waals surface area (Å²) in [6, 6.07) is 5.33. The number of hydrogen-bond acceptors (Lipinski definition) is 6. The van der Waals surface area contributed by atoms with E-state index in [2.05, 4.69) is 4.98 Å². The molecule has 0 saturated carbocycles. The zero-order valence-electron chi connectivity index (χ0n) is 15.6. The number of thioether (sulfide) groups is 1. The number of nitrogens with zero attached hydrogens (tertiary/aromatic N) is 4. The van der Waals surface area contributed by atoms with Crippen LogP contribution < -0.4 is 11.1 Å². The van der Waals surface area contributed by atoms with Crippen molar-refractivity contribution < 1.29 is 0 Å². The Balaban J connectivity index is 1.52. The van der Waals surface area contributed by atoms with Gasteiger partial charge in [0.2, 0.25) is 0 Å². The van der Waals surface area contributed by atoms with E-state index in [0.29, 0.717) is 22.3 Å². The maximum Gasteiger partial charge on any atom is 0.262 e. The van der Waals surface area contributed by atoms with Crippen LogP contribution in [0, 0.1) is 6.92 Å². The molecule has 0 aromatic carbocycles. The van der Waals surface area contributed by atoms with Crippen LogP contribution in [0.2, 0.25) is 0 Å². The predicted molar refractivity (Wildman–Crippen MR) is 113 cm³/mol. The molecule has 0 amide bonds. The van der Waals surface area contributed by atoms with Gasteiger partial charge in [0.15, 0.2) is 5.16 Å². The van der Waals surface area contributed by atoms with E-state index in [1.807, 2.05) is 19.1 Å². The monoisotopic (exact) mass is 410 g/mol. The molecule has 8 heteroatoms. The first-order valence-corrected chi connectivity index (χ1v) is 10.9. The Kier molecular flexibility index (Phi) is 4.13. The molecule has 0 unspecified atom stereocenters. The number of fused-ring (bicyclic) bond motifs is 4. The number of pyridine rings is 1. The van der Waals surface area contributed by atoms with Crippen molar-refractivity contribution in [3.8, 4) is 0 Å². The van der Waals surface area contributed by atoms with E-state index in [-0.39, 0.29) is 11.1 Å². The maximum atomic E-state index is 12.9. The van der Waals surface area contributed by atoms with Gasteiger partial charge in [0.1, 0.15) is 10.5 Å². The minimum atomic E-state index is -0.101. The molecule has 28 heavy (non-hydrogen) atoms. The van der Waals surface area contributed by atoms with Crippen LogP contribution in [-0.2, 0) is 25.6 Å². The molecule has 0 N–H and O–H groups in total. The van der Waals surface area contributed by atoms with Crippen molar-refractivity contribution in [1.29, 1.82) is 0 Å². The van der Waals surface area contributed by atoms with Gasteiger partial charge in [-0.1, -0.05) is 17.8 Å². The van der Waals surface area contributed by atoms with Crippen molar-refractivity contribution in [2.24, 2.45) is 7.05 Å². The molecule has 5 rings (SSSR count). The Bertz CT molecular complexity index is 1370. The number of rotatable bonds is 3. The predicted octanol–water partition coefficient (Wildman–Crippen LogP) is 3.09. The number of aryl methyl sites for hydroxylation is 3. The van der Waals surface area contributed by atoms with E-state index in [1.165, 1.54) is 22.2 Å². The van der Waals surface area contributed by atoms with Gasteiger partial charge >= 0.3 is 0 Å². The van der Waals surface area contributed by atoms with Gasteiger partial charge in [0, 0.05) is 29.9 Å². The van der Waals surface area contributed by atoms with E-state index >= 15 is 0 Å². The zero-order valence-corrected chi connectivity index (χ0v) is 17.2. The van der Waals surface area contributed by atoms with Crippen LogP contribution in [0.1, 0.15) is 28.1 Å². The summed E-state index contributed by atoms with van der Waals surface area (Å²) in [6.45, 7) is 1.94. The Morgan fingerprint density at radius 1 is 1.25 bits per heavy atom. The molecule has 0 saturated heterocycles. The SMILES string of the molecule is Cc1cccn2c(=O)cc(CSc3nc4sc5c(c4c(=O)n3C)CCC5)nc12. The van der Waals surface area contributed by atoms with Crippen LogP contribution in [0.5, 0.6) is 0 Å². The second kappa shape index (κ2) is 6.56. The Hall–Kier alpha value is -2.45. The fourth-order valence-electron chi connectivity index (χ4n) is 3.76. The third kappa shape index (κ3) is 2.70. The average Bonchev–Trinajstić information content (AvgIpc) is 3.25. The van der Waals surface area contributed by atoms with Gasteiger partial charge in [0.25, 0.3) is 11.1 Å². The second-order valence-electron chi connectivity index (χ2n) is 7.06. The molecule has 0 spiro atoms. The van der Waals surface area contributed by atoms with Crippen LogP contribution in [0.4, 0.5) is 0 Å². The molecule has 0 atom stereocenters. The summed E-state index contributed by atoms with van der Waals surface area (Å²) in [7, 11) is 1.77. The summed E-state index contributed by atoms with van der Waals surface area (Å²) >= 11 is 3.09.